The lowest BCUT2D eigenvalue weighted by molar-refractivity contribution is -0.301. The van der Waals surface area contributed by atoms with E-state index in [2.05, 4.69) is 81.5 Å². The zero-order chi connectivity index (χ0) is 53.3. The number of hydrogen-bond donors (Lipinski definition) is 3. The number of carbonyl (C=O) groups excluding carboxylic acids is 3. The third-order valence-corrected chi connectivity index (χ3v) is 13.1. The molecule has 1 heterocycles. The fourth-order valence-corrected chi connectivity index (χ4v) is 8.52. The average Bonchev–Trinajstić information content (AvgIpc) is 3.37. The lowest BCUT2D eigenvalue weighted by Crippen LogP contribution is -2.61. The van der Waals surface area contributed by atoms with Crippen LogP contribution in [0.3, 0.4) is 0 Å². The Bertz CT molecular complexity index is 1500. The maximum Gasteiger partial charge on any atom is 0.335 e. The molecule has 0 spiro atoms. The van der Waals surface area contributed by atoms with Gasteiger partial charge in [-0.2, -0.15) is 0 Å². The lowest BCUT2D eigenvalue weighted by Gasteiger charge is -2.40. The van der Waals surface area contributed by atoms with Gasteiger partial charge in [-0.1, -0.05) is 204 Å². The highest BCUT2D eigenvalue weighted by molar-refractivity contribution is 5.74. The fraction of sp³-hybridized carbons (Fsp3) is 0.770. The van der Waals surface area contributed by atoms with Crippen molar-refractivity contribution in [3.05, 3.63) is 60.8 Å². The van der Waals surface area contributed by atoms with Crippen LogP contribution in [0.1, 0.15) is 252 Å². The van der Waals surface area contributed by atoms with Crippen molar-refractivity contribution in [3.8, 4) is 0 Å². The van der Waals surface area contributed by atoms with Gasteiger partial charge in [-0.3, -0.25) is 14.4 Å². The summed E-state index contributed by atoms with van der Waals surface area (Å²) in [6.45, 7) is 5.89. The molecule has 6 atom stereocenters. The van der Waals surface area contributed by atoms with Gasteiger partial charge < -0.3 is 39.0 Å². The highest BCUT2D eigenvalue weighted by Crippen LogP contribution is 2.26. The molecule has 0 saturated carbocycles. The molecule has 73 heavy (non-hydrogen) atoms. The van der Waals surface area contributed by atoms with Crippen molar-refractivity contribution in [2.45, 2.75) is 289 Å². The van der Waals surface area contributed by atoms with Gasteiger partial charge in [0.15, 0.2) is 24.6 Å². The summed E-state index contributed by atoms with van der Waals surface area (Å²) in [4.78, 5) is 51.0. The summed E-state index contributed by atoms with van der Waals surface area (Å²) in [5, 5.41) is 31.4. The van der Waals surface area contributed by atoms with Crippen LogP contribution in [0.25, 0.3) is 0 Å². The number of rotatable bonds is 49. The highest BCUT2D eigenvalue weighted by Gasteiger charge is 2.50. The minimum Gasteiger partial charge on any atom is -0.479 e. The lowest BCUT2D eigenvalue weighted by atomic mass is 9.98. The first-order valence-electron chi connectivity index (χ1n) is 29.3. The second kappa shape index (κ2) is 49.3. The smallest absolute Gasteiger partial charge is 0.335 e. The summed E-state index contributed by atoms with van der Waals surface area (Å²) in [7, 11) is 0. The van der Waals surface area contributed by atoms with E-state index in [4.69, 9.17) is 23.7 Å². The third-order valence-electron chi connectivity index (χ3n) is 13.1. The SMILES string of the molecule is CCCCC/C=C\C/C=C\C/C=C\CCCCCCCCC(=O)OCC(COC1OC(C(=O)O)C(O)C(O)C1OC(=O)CCCCCCC/C=C\C/C=C\CCCCC)OC(=O)CCCCCCCCCCC. The first kappa shape index (κ1) is 67.4. The van der Waals surface area contributed by atoms with Crippen LogP contribution < -0.4 is 0 Å². The van der Waals surface area contributed by atoms with Gasteiger partial charge in [0.2, 0.25) is 0 Å². The maximum absolute atomic E-state index is 13.1. The topological polar surface area (TPSA) is 175 Å². The molecule has 1 aliphatic heterocycles. The number of carboxylic acids is 1. The van der Waals surface area contributed by atoms with E-state index in [0.29, 0.717) is 19.3 Å². The Morgan fingerprint density at radius 1 is 0.452 bits per heavy atom. The fourth-order valence-electron chi connectivity index (χ4n) is 8.52. The van der Waals surface area contributed by atoms with Gasteiger partial charge in [-0.15, -0.1) is 0 Å². The first-order chi connectivity index (χ1) is 35.6. The van der Waals surface area contributed by atoms with E-state index in [9.17, 15) is 34.5 Å². The standard InChI is InChI=1S/C61H104O12/c1-4-7-10-13-16-19-21-23-25-26-27-28-30-31-33-36-38-41-44-47-53(62)69-50-52(71-54(63)48-45-42-39-35-18-15-12-9-6-3)51-70-61-59(57(66)56(65)58(73-61)60(67)68)72-55(64)49-46-43-40-37-34-32-29-24-22-20-17-14-11-8-5-2/h16-17,19-20,23-25,27-29,52,56-59,61,65-66H,4-15,18,21-22,26,30-51H2,1-3H3,(H,67,68)/b19-16-,20-17-,25-23-,28-27-,29-24-. The van der Waals surface area contributed by atoms with Crippen LogP contribution in [0.2, 0.25) is 0 Å². The zero-order valence-corrected chi connectivity index (χ0v) is 46.1. The molecule has 0 bridgehead atoms. The van der Waals surface area contributed by atoms with Crippen LogP contribution in [0, 0.1) is 0 Å². The van der Waals surface area contributed by atoms with Crippen molar-refractivity contribution in [3.63, 3.8) is 0 Å². The van der Waals surface area contributed by atoms with Crippen LogP contribution in [-0.2, 0) is 42.9 Å². The number of unbranched alkanes of at least 4 members (excludes halogenated alkanes) is 25. The average molecular weight is 1030 g/mol. The number of aliphatic hydroxyl groups excluding tert-OH is 2. The summed E-state index contributed by atoms with van der Waals surface area (Å²) in [5.41, 5.74) is 0. The summed E-state index contributed by atoms with van der Waals surface area (Å²) < 4.78 is 28.3. The summed E-state index contributed by atoms with van der Waals surface area (Å²) >= 11 is 0. The molecule has 1 aliphatic rings. The third kappa shape index (κ3) is 39.5. The van der Waals surface area contributed by atoms with E-state index >= 15 is 0 Å². The van der Waals surface area contributed by atoms with Crippen molar-refractivity contribution in [1.29, 1.82) is 0 Å². The Morgan fingerprint density at radius 2 is 0.822 bits per heavy atom. The molecule has 0 aromatic rings. The number of hydrogen-bond acceptors (Lipinski definition) is 11. The molecule has 0 aromatic heterocycles. The second-order valence-corrected chi connectivity index (χ2v) is 19.9. The molecular weight excluding hydrogens is 925 g/mol. The normalized spacial score (nSPS) is 18.7. The summed E-state index contributed by atoms with van der Waals surface area (Å²) in [6, 6.07) is 0. The highest BCUT2D eigenvalue weighted by atomic mass is 16.7. The Balaban J connectivity index is 2.66. The Hall–Kier alpha value is -3.58. The molecule has 0 aromatic carbocycles. The molecule has 0 radical (unpaired) electrons. The van der Waals surface area contributed by atoms with Crippen LogP contribution in [0.5, 0.6) is 0 Å². The van der Waals surface area contributed by atoms with Crippen LogP contribution in [0.4, 0.5) is 0 Å². The van der Waals surface area contributed by atoms with Gasteiger partial charge in [0.25, 0.3) is 0 Å². The minimum atomic E-state index is -1.91. The molecule has 1 rings (SSSR count). The molecule has 12 heteroatoms. The Labute approximate surface area is 443 Å². The number of esters is 3. The van der Waals surface area contributed by atoms with E-state index in [0.717, 1.165) is 116 Å². The van der Waals surface area contributed by atoms with Crippen molar-refractivity contribution in [2.75, 3.05) is 13.2 Å². The molecule has 3 N–H and O–H groups in total. The maximum atomic E-state index is 13.1. The summed E-state index contributed by atoms with van der Waals surface area (Å²) in [5.74, 6) is -3.15. The molecule has 0 aliphatic carbocycles. The van der Waals surface area contributed by atoms with Crippen molar-refractivity contribution < 1.29 is 58.2 Å². The molecular formula is C61H104O12. The number of allylic oxidation sites excluding steroid dienone is 10. The minimum absolute atomic E-state index is 0.0434. The van der Waals surface area contributed by atoms with Crippen molar-refractivity contribution in [1.82, 2.24) is 0 Å². The van der Waals surface area contributed by atoms with Gasteiger partial charge in [-0.25, -0.2) is 4.79 Å². The predicted octanol–water partition coefficient (Wildman–Crippen LogP) is 14.8. The first-order valence-corrected chi connectivity index (χ1v) is 29.3. The Morgan fingerprint density at radius 3 is 1.27 bits per heavy atom. The van der Waals surface area contributed by atoms with E-state index in [1.165, 1.54) is 77.0 Å². The Kier molecular flexibility index (Phi) is 45.5. The largest absolute Gasteiger partial charge is 0.479 e. The molecule has 1 saturated heterocycles. The number of ether oxygens (including phenoxy) is 5. The van der Waals surface area contributed by atoms with E-state index in [1.807, 2.05) is 0 Å². The molecule has 0 amide bonds. The van der Waals surface area contributed by atoms with Crippen molar-refractivity contribution >= 4 is 23.9 Å². The molecule has 420 valence electrons. The van der Waals surface area contributed by atoms with Gasteiger partial charge in [0.1, 0.15) is 18.8 Å². The zero-order valence-electron chi connectivity index (χ0n) is 46.1. The van der Waals surface area contributed by atoms with Gasteiger partial charge >= 0.3 is 23.9 Å². The van der Waals surface area contributed by atoms with Gasteiger partial charge in [-0.05, 0) is 89.9 Å². The number of aliphatic carboxylic acids is 1. The van der Waals surface area contributed by atoms with E-state index in [-0.39, 0.29) is 25.9 Å². The van der Waals surface area contributed by atoms with Crippen LogP contribution in [-0.4, -0.2) is 89.2 Å². The van der Waals surface area contributed by atoms with Gasteiger partial charge in [0.05, 0.1) is 6.61 Å². The predicted molar refractivity (Wildman–Crippen MR) is 294 cm³/mol. The molecule has 6 unspecified atom stereocenters. The van der Waals surface area contributed by atoms with E-state index in [1.54, 1.807) is 0 Å². The molecule has 12 nitrogen and oxygen atoms in total. The summed E-state index contributed by atoms with van der Waals surface area (Å²) in [6.07, 6.45) is 47.7. The monoisotopic (exact) mass is 1030 g/mol. The van der Waals surface area contributed by atoms with Crippen LogP contribution >= 0.6 is 0 Å². The molecule has 1 fully saturated rings. The number of carbonyl (C=O) groups is 4. The number of aliphatic hydroxyl groups is 2. The van der Waals surface area contributed by atoms with Crippen LogP contribution in [0.15, 0.2) is 60.8 Å². The van der Waals surface area contributed by atoms with E-state index < -0.39 is 67.3 Å². The quantitative estimate of drug-likeness (QED) is 0.0228. The second-order valence-electron chi connectivity index (χ2n) is 19.9. The van der Waals surface area contributed by atoms with Gasteiger partial charge in [0, 0.05) is 19.3 Å². The number of carboxylic acid groups (broad SMARTS) is 1. The van der Waals surface area contributed by atoms with Crippen molar-refractivity contribution in [2.24, 2.45) is 0 Å².